The molecule has 0 saturated heterocycles. The lowest BCUT2D eigenvalue weighted by Gasteiger charge is -2.13. The van der Waals surface area contributed by atoms with Gasteiger partial charge in [0.2, 0.25) is 0 Å². The van der Waals surface area contributed by atoms with Crippen LogP contribution in [0.3, 0.4) is 0 Å². The third-order valence-electron chi connectivity index (χ3n) is 4.91. The number of aromatic nitrogens is 2. The lowest BCUT2D eigenvalue weighted by atomic mass is 10.0. The molecule has 0 radical (unpaired) electrons. The van der Waals surface area contributed by atoms with Crippen molar-refractivity contribution in [3.63, 3.8) is 0 Å². The number of hydrogen-bond acceptors (Lipinski definition) is 3. The van der Waals surface area contributed by atoms with Crippen molar-refractivity contribution in [1.29, 1.82) is 0 Å². The van der Waals surface area contributed by atoms with E-state index in [1.165, 1.54) is 11.1 Å². The Morgan fingerprint density at radius 3 is 1.83 bits per heavy atom. The van der Waals surface area contributed by atoms with Gasteiger partial charge in [-0.25, -0.2) is 4.98 Å². The highest BCUT2D eigenvalue weighted by Crippen LogP contribution is 2.30. The van der Waals surface area contributed by atoms with Gasteiger partial charge in [0.1, 0.15) is 17.1 Å². The van der Waals surface area contributed by atoms with Crippen molar-refractivity contribution in [2.75, 3.05) is 0 Å². The second-order valence-electron chi connectivity index (χ2n) is 8.12. The Labute approximate surface area is 178 Å². The molecule has 4 nitrogen and oxygen atoms in total. The minimum atomic E-state index is 0.162. The maximum atomic E-state index is 5.78. The van der Waals surface area contributed by atoms with Gasteiger partial charge in [-0.3, -0.25) is 4.40 Å². The molecule has 0 aliphatic heterocycles. The van der Waals surface area contributed by atoms with Crippen molar-refractivity contribution in [1.82, 2.24) is 9.38 Å². The fraction of sp³-hybridized carbons (Fsp3) is 0.269. The Kier molecular flexibility index (Phi) is 5.49. The summed E-state index contributed by atoms with van der Waals surface area (Å²) in [5, 5.41) is 0. The standard InChI is InChI=1S/C26H28N2O2/c1-17(2)29-22-10-6-20(7-11-22)24-16-28-25(15-27-26(28)14-19(24)5)21-8-12-23(13-9-21)30-18(3)4/h6-18H,1-5H3. The summed E-state index contributed by atoms with van der Waals surface area (Å²) < 4.78 is 13.7. The van der Waals surface area contributed by atoms with Crippen LogP contribution in [0.4, 0.5) is 0 Å². The molecule has 2 aromatic heterocycles. The molecule has 2 aromatic carbocycles. The minimum absolute atomic E-state index is 0.162. The van der Waals surface area contributed by atoms with Crippen molar-refractivity contribution in [3.8, 4) is 33.9 Å². The molecule has 0 bridgehead atoms. The number of fused-ring (bicyclic) bond motifs is 1. The second kappa shape index (κ2) is 8.23. The van der Waals surface area contributed by atoms with Crippen LogP contribution in [-0.4, -0.2) is 21.6 Å². The molecule has 30 heavy (non-hydrogen) atoms. The molecule has 154 valence electrons. The van der Waals surface area contributed by atoms with Gasteiger partial charge in [0.05, 0.1) is 24.1 Å². The van der Waals surface area contributed by atoms with E-state index in [0.29, 0.717) is 0 Å². The summed E-state index contributed by atoms with van der Waals surface area (Å²) in [6.45, 7) is 10.3. The number of rotatable bonds is 6. The van der Waals surface area contributed by atoms with Gasteiger partial charge in [0.25, 0.3) is 0 Å². The van der Waals surface area contributed by atoms with Gasteiger partial charge in [-0.15, -0.1) is 0 Å². The fourth-order valence-electron chi connectivity index (χ4n) is 3.60. The molecule has 0 unspecified atom stereocenters. The maximum absolute atomic E-state index is 5.78. The van der Waals surface area contributed by atoms with E-state index < -0.39 is 0 Å². The molecule has 0 N–H and O–H groups in total. The van der Waals surface area contributed by atoms with Gasteiger partial charge in [0.15, 0.2) is 0 Å². The Morgan fingerprint density at radius 2 is 1.30 bits per heavy atom. The van der Waals surface area contributed by atoms with E-state index in [9.17, 15) is 0 Å². The zero-order valence-corrected chi connectivity index (χ0v) is 18.2. The van der Waals surface area contributed by atoms with E-state index in [4.69, 9.17) is 9.47 Å². The number of aryl methyl sites for hydroxylation is 1. The molecule has 0 aliphatic carbocycles. The third-order valence-corrected chi connectivity index (χ3v) is 4.91. The topological polar surface area (TPSA) is 35.8 Å². The highest BCUT2D eigenvalue weighted by atomic mass is 16.5. The summed E-state index contributed by atoms with van der Waals surface area (Å²) in [6.07, 6.45) is 4.43. The van der Waals surface area contributed by atoms with Crippen LogP contribution in [0.2, 0.25) is 0 Å². The first kappa shape index (κ1) is 20.0. The largest absolute Gasteiger partial charge is 0.491 e. The molecule has 4 rings (SSSR count). The van der Waals surface area contributed by atoms with E-state index in [0.717, 1.165) is 34.0 Å². The molecular formula is C26H28N2O2. The average Bonchev–Trinajstić information content (AvgIpc) is 3.10. The second-order valence-corrected chi connectivity index (χ2v) is 8.12. The van der Waals surface area contributed by atoms with Crippen molar-refractivity contribution in [3.05, 3.63) is 72.6 Å². The summed E-state index contributed by atoms with van der Waals surface area (Å²) in [4.78, 5) is 4.62. The lowest BCUT2D eigenvalue weighted by Crippen LogP contribution is -2.05. The van der Waals surface area contributed by atoms with Gasteiger partial charge >= 0.3 is 0 Å². The quantitative estimate of drug-likeness (QED) is 0.368. The number of hydrogen-bond donors (Lipinski definition) is 0. The van der Waals surface area contributed by atoms with Gasteiger partial charge in [-0.05, 0) is 88.2 Å². The molecule has 4 heteroatoms. The molecule has 2 heterocycles. The Hall–Kier alpha value is -3.27. The van der Waals surface area contributed by atoms with Gasteiger partial charge in [0, 0.05) is 17.3 Å². The van der Waals surface area contributed by atoms with Gasteiger partial charge in [-0.1, -0.05) is 12.1 Å². The molecule has 0 atom stereocenters. The predicted octanol–water partition coefficient (Wildman–Crippen LogP) is 6.55. The number of nitrogens with zero attached hydrogens (tertiary/aromatic N) is 2. The molecule has 0 aliphatic rings. The predicted molar refractivity (Wildman–Crippen MR) is 122 cm³/mol. The smallest absolute Gasteiger partial charge is 0.137 e. The van der Waals surface area contributed by atoms with Crippen LogP contribution >= 0.6 is 0 Å². The van der Waals surface area contributed by atoms with Crippen molar-refractivity contribution in [2.24, 2.45) is 0 Å². The normalized spacial score (nSPS) is 11.4. The first-order valence-corrected chi connectivity index (χ1v) is 10.4. The van der Waals surface area contributed by atoms with E-state index in [1.807, 2.05) is 58.2 Å². The molecule has 0 amide bonds. The maximum Gasteiger partial charge on any atom is 0.137 e. The van der Waals surface area contributed by atoms with E-state index in [2.05, 4.69) is 52.8 Å². The first-order chi connectivity index (χ1) is 14.4. The highest BCUT2D eigenvalue weighted by Gasteiger charge is 2.11. The average molecular weight is 401 g/mol. The van der Waals surface area contributed by atoms with Crippen molar-refractivity contribution >= 4 is 5.65 Å². The summed E-state index contributed by atoms with van der Waals surface area (Å²) in [5.74, 6) is 1.77. The lowest BCUT2D eigenvalue weighted by molar-refractivity contribution is 0.242. The Morgan fingerprint density at radius 1 is 0.767 bits per heavy atom. The van der Waals surface area contributed by atoms with Crippen LogP contribution in [0.25, 0.3) is 28.0 Å². The summed E-state index contributed by atoms with van der Waals surface area (Å²) in [5.41, 5.74) is 6.63. The van der Waals surface area contributed by atoms with Crippen LogP contribution < -0.4 is 9.47 Å². The van der Waals surface area contributed by atoms with Crippen molar-refractivity contribution in [2.45, 2.75) is 46.8 Å². The molecule has 4 aromatic rings. The minimum Gasteiger partial charge on any atom is -0.491 e. The number of ether oxygens (including phenoxy) is 2. The van der Waals surface area contributed by atoms with Crippen LogP contribution in [0.15, 0.2) is 67.0 Å². The van der Waals surface area contributed by atoms with Crippen LogP contribution in [0.1, 0.15) is 33.3 Å². The van der Waals surface area contributed by atoms with Crippen LogP contribution in [-0.2, 0) is 0 Å². The van der Waals surface area contributed by atoms with Crippen LogP contribution in [0, 0.1) is 6.92 Å². The zero-order valence-electron chi connectivity index (χ0n) is 18.2. The van der Waals surface area contributed by atoms with Gasteiger partial charge < -0.3 is 9.47 Å². The van der Waals surface area contributed by atoms with E-state index in [-0.39, 0.29) is 12.2 Å². The summed E-state index contributed by atoms with van der Waals surface area (Å²) in [7, 11) is 0. The summed E-state index contributed by atoms with van der Waals surface area (Å²) >= 11 is 0. The van der Waals surface area contributed by atoms with Crippen molar-refractivity contribution < 1.29 is 9.47 Å². The monoisotopic (exact) mass is 400 g/mol. The number of pyridine rings is 1. The van der Waals surface area contributed by atoms with E-state index in [1.54, 1.807) is 0 Å². The first-order valence-electron chi connectivity index (χ1n) is 10.4. The third kappa shape index (κ3) is 4.18. The molecule has 0 saturated carbocycles. The molecule has 0 fully saturated rings. The molecule has 0 spiro atoms. The zero-order chi connectivity index (χ0) is 21.3. The highest BCUT2D eigenvalue weighted by molar-refractivity contribution is 5.72. The Balaban J connectivity index is 1.71. The summed E-state index contributed by atoms with van der Waals surface area (Å²) in [6, 6.07) is 18.6. The van der Waals surface area contributed by atoms with E-state index >= 15 is 0 Å². The van der Waals surface area contributed by atoms with Crippen LogP contribution in [0.5, 0.6) is 11.5 Å². The number of benzene rings is 2. The van der Waals surface area contributed by atoms with Gasteiger partial charge in [-0.2, -0.15) is 0 Å². The SMILES string of the molecule is Cc1cc2ncc(-c3ccc(OC(C)C)cc3)n2cc1-c1ccc(OC(C)C)cc1. The molecular weight excluding hydrogens is 372 g/mol. The number of imidazole rings is 1. The fourth-order valence-corrected chi connectivity index (χ4v) is 3.60. The Bertz CT molecular complexity index is 1140.